The largest absolute Gasteiger partial charge is 0.497 e. The Morgan fingerprint density at radius 1 is 1.43 bits per heavy atom. The topological polar surface area (TPSA) is 78.9 Å². The number of hydrogen-bond donors (Lipinski definition) is 2. The number of carbonyl (C=O) groups is 2. The predicted octanol–water partition coefficient (Wildman–Crippen LogP) is 1.29. The van der Waals surface area contributed by atoms with Crippen LogP contribution in [0.2, 0.25) is 0 Å². The number of aliphatic carboxylic acids is 1. The number of carboxylic acid groups (broad SMARTS) is 1. The van der Waals surface area contributed by atoms with E-state index in [2.05, 4.69) is 5.32 Å². The molecule has 1 saturated heterocycles. The van der Waals surface area contributed by atoms with Gasteiger partial charge < -0.3 is 15.2 Å². The number of anilines is 1. The Balaban J connectivity index is 1.89. The molecule has 0 radical (unpaired) electrons. The Kier molecular flexibility index (Phi) is 4.80. The van der Waals surface area contributed by atoms with Crippen LogP contribution in [0.25, 0.3) is 0 Å². The van der Waals surface area contributed by atoms with Gasteiger partial charge in [0.1, 0.15) is 5.75 Å². The Morgan fingerprint density at radius 3 is 2.81 bits per heavy atom. The third-order valence-corrected chi connectivity index (χ3v) is 3.73. The van der Waals surface area contributed by atoms with Crippen molar-refractivity contribution in [3.8, 4) is 5.75 Å². The number of nitrogens with zero attached hydrogens (tertiary/aromatic N) is 1. The highest BCUT2D eigenvalue weighted by Crippen LogP contribution is 2.23. The molecule has 0 saturated carbocycles. The van der Waals surface area contributed by atoms with Gasteiger partial charge in [0.2, 0.25) is 5.91 Å². The highest BCUT2D eigenvalue weighted by Gasteiger charge is 2.35. The molecule has 6 nitrogen and oxygen atoms in total. The van der Waals surface area contributed by atoms with E-state index in [1.165, 1.54) is 0 Å². The van der Waals surface area contributed by atoms with Crippen LogP contribution in [0.3, 0.4) is 0 Å². The monoisotopic (exact) mass is 292 g/mol. The summed E-state index contributed by atoms with van der Waals surface area (Å²) in [5.74, 6) is -0.602. The molecule has 1 fully saturated rings. The lowest BCUT2D eigenvalue weighted by Gasteiger charge is -2.15. The van der Waals surface area contributed by atoms with E-state index in [1.54, 1.807) is 31.4 Å². The molecule has 1 amide bonds. The molecule has 2 N–H and O–H groups in total. The minimum absolute atomic E-state index is 0.0621. The number of amides is 1. The lowest BCUT2D eigenvalue weighted by atomic mass is 9.99. The molecule has 0 aliphatic carbocycles. The number of carboxylic acids is 1. The maximum Gasteiger partial charge on any atom is 0.308 e. The number of nitrogens with one attached hydrogen (secondary N) is 1. The standard InChI is InChI=1S/C15H20N2O4/c1-10-7-17(8-13(10)15(19)20)9-14(18)16-11-4-3-5-12(6-11)21-2/h3-6,10,13H,7-9H2,1-2H3,(H,16,18)(H,19,20)/t10-,13-/m1/s1. The van der Waals surface area contributed by atoms with Crippen molar-refractivity contribution in [2.45, 2.75) is 6.92 Å². The molecule has 1 aliphatic heterocycles. The van der Waals surface area contributed by atoms with Gasteiger partial charge >= 0.3 is 5.97 Å². The average Bonchev–Trinajstić information content (AvgIpc) is 2.79. The zero-order valence-electron chi connectivity index (χ0n) is 12.2. The van der Waals surface area contributed by atoms with Gasteiger partial charge in [0.05, 0.1) is 19.6 Å². The highest BCUT2D eigenvalue weighted by molar-refractivity contribution is 5.92. The number of benzene rings is 1. The van der Waals surface area contributed by atoms with Crippen LogP contribution in [-0.2, 0) is 9.59 Å². The average molecular weight is 292 g/mol. The first-order chi connectivity index (χ1) is 9.99. The third kappa shape index (κ3) is 3.95. The van der Waals surface area contributed by atoms with Crippen LogP contribution >= 0.6 is 0 Å². The van der Waals surface area contributed by atoms with Gasteiger partial charge in [-0.05, 0) is 18.1 Å². The van der Waals surface area contributed by atoms with E-state index in [0.29, 0.717) is 24.5 Å². The van der Waals surface area contributed by atoms with E-state index in [1.807, 2.05) is 11.8 Å². The van der Waals surface area contributed by atoms with Gasteiger partial charge in [0.25, 0.3) is 0 Å². The number of ether oxygens (including phenoxy) is 1. The molecule has 0 spiro atoms. The van der Waals surface area contributed by atoms with Crippen molar-refractivity contribution < 1.29 is 19.4 Å². The SMILES string of the molecule is COc1cccc(NC(=O)CN2C[C@@H](C)[C@H](C(=O)O)C2)c1. The van der Waals surface area contributed by atoms with Crippen molar-refractivity contribution in [3.05, 3.63) is 24.3 Å². The third-order valence-electron chi connectivity index (χ3n) is 3.73. The lowest BCUT2D eigenvalue weighted by Crippen LogP contribution is -2.32. The fourth-order valence-corrected chi connectivity index (χ4v) is 2.62. The van der Waals surface area contributed by atoms with Crippen LogP contribution in [0.4, 0.5) is 5.69 Å². The summed E-state index contributed by atoms with van der Waals surface area (Å²) in [6.45, 7) is 3.15. The Morgan fingerprint density at radius 2 is 2.19 bits per heavy atom. The number of rotatable bonds is 5. The first kappa shape index (κ1) is 15.3. The van der Waals surface area contributed by atoms with Gasteiger partial charge in [-0.1, -0.05) is 13.0 Å². The molecule has 1 aromatic rings. The Bertz CT molecular complexity index is 532. The fraction of sp³-hybridized carbons (Fsp3) is 0.467. The van der Waals surface area contributed by atoms with Crippen molar-refractivity contribution >= 4 is 17.6 Å². The van der Waals surface area contributed by atoms with E-state index >= 15 is 0 Å². The molecule has 21 heavy (non-hydrogen) atoms. The van der Waals surface area contributed by atoms with E-state index in [-0.39, 0.29) is 18.4 Å². The maximum absolute atomic E-state index is 12.0. The quantitative estimate of drug-likeness (QED) is 0.855. The summed E-state index contributed by atoms with van der Waals surface area (Å²) >= 11 is 0. The zero-order valence-corrected chi connectivity index (χ0v) is 12.2. The van der Waals surface area contributed by atoms with E-state index in [9.17, 15) is 9.59 Å². The fourth-order valence-electron chi connectivity index (χ4n) is 2.62. The zero-order chi connectivity index (χ0) is 15.4. The van der Waals surface area contributed by atoms with Crippen molar-refractivity contribution in [2.24, 2.45) is 11.8 Å². The maximum atomic E-state index is 12.0. The normalized spacial score (nSPS) is 22.0. The van der Waals surface area contributed by atoms with Crippen LogP contribution in [0.15, 0.2) is 24.3 Å². The summed E-state index contributed by atoms with van der Waals surface area (Å²) in [5.41, 5.74) is 0.668. The summed E-state index contributed by atoms with van der Waals surface area (Å²) in [4.78, 5) is 24.9. The van der Waals surface area contributed by atoms with Gasteiger partial charge in [-0.2, -0.15) is 0 Å². The minimum atomic E-state index is -0.793. The highest BCUT2D eigenvalue weighted by atomic mass is 16.5. The second kappa shape index (κ2) is 6.58. The van der Waals surface area contributed by atoms with Crippen LogP contribution in [0.5, 0.6) is 5.75 Å². The first-order valence-corrected chi connectivity index (χ1v) is 6.88. The van der Waals surface area contributed by atoms with Gasteiger partial charge in [-0.25, -0.2) is 0 Å². The summed E-state index contributed by atoms with van der Waals surface area (Å²) in [6.07, 6.45) is 0. The number of likely N-dealkylation sites (tertiary alicyclic amines) is 1. The summed E-state index contributed by atoms with van der Waals surface area (Å²) < 4.78 is 5.10. The van der Waals surface area contributed by atoms with Gasteiger partial charge in [0, 0.05) is 24.8 Å². The first-order valence-electron chi connectivity index (χ1n) is 6.88. The van der Waals surface area contributed by atoms with Crippen molar-refractivity contribution in [2.75, 3.05) is 32.1 Å². The summed E-state index contributed by atoms with van der Waals surface area (Å²) in [7, 11) is 1.57. The van der Waals surface area contributed by atoms with Crippen molar-refractivity contribution in [1.29, 1.82) is 0 Å². The van der Waals surface area contributed by atoms with Gasteiger partial charge in [-0.3, -0.25) is 14.5 Å². The number of carbonyl (C=O) groups excluding carboxylic acids is 1. The van der Waals surface area contributed by atoms with E-state index in [0.717, 1.165) is 0 Å². The molecular weight excluding hydrogens is 272 g/mol. The molecule has 2 atom stereocenters. The van der Waals surface area contributed by atoms with Crippen LogP contribution in [0, 0.1) is 11.8 Å². The molecular formula is C15H20N2O4. The second-order valence-electron chi connectivity index (χ2n) is 5.40. The molecule has 1 aliphatic rings. The van der Waals surface area contributed by atoms with Crippen molar-refractivity contribution in [1.82, 2.24) is 4.90 Å². The molecule has 1 aromatic carbocycles. The summed E-state index contributed by atoms with van der Waals surface area (Å²) in [5, 5.41) is 11.9. The van der Waals surface area contributed by atoms with Gasteiger partial charge in [-0.15, -0.1) is 0 Å². The van der Waals surface area contributed by atoms with Crippen LogP contribution < -0.4 is 10.1 Å². The Labute approximate surface area is 123 Å². The molecule has 114 valence electrons. The molecule has 0 unspecified atom stereocenters. The van der Waals surface area contributed by atoms with E-state index in [4.69, 9.17) is 9.84 Å². The van der Waals surface area contributed by atoms with Crippen LogP contribution in [-0.4, -0.2) is 48.6 Å². The second-order valence-corrected chi connectivity index (χ2v) is 5.40. The summed E-state index contributed by atoms with van der Waals surface area (Å²) in [6, 6.07) is 7.12. The van der Waals surface area contributed by atoms with Crippen LogP contribution in [0.1, 0.15) is 6.92 Å². The Hall–Kier alpha value is -2.08. The van der Waals surface area contributed by atoms with Gasteiger partial charge in [0.15, 0.2) is 0 Å². The number of hydrogen-bond acceptors (Lipinski definition) is 4. The van der Waals surface area contributed by atoms with E-state index < -0.39 is 11.9 Å². The smallest absolute Gasteiger partial charge is 0.308 e. The minimum Gasteiger partial charge on any atom is -0.497 e. The number of methoxy groups -OCH3 is 1. The molecule has 1 heterocycles. The molecule has 2 rings (SSSR count). The van der Waals surface area contributed by atoms with Crippen molar-refractivity contribution in [3.63, 3.8) is 0 Å². The lowest BCUT2D eigenvalue weighted by molar-refractivity contribution is -0.142. The molecule has 6 heteroatoms. The predicted molar refractivity (Wildman–Crippen MR) is 78.4 cm³/mol. The molecule has 0 aromatic heterocycles. The molecule has 0 bridgehead atoms.